The average Bonchev–Trinajstić information content (AvgIpc) is 2.72. The van der Waals surface area contributed by atoms with Gasteiger partial charge in [-0.25, -0.2) is 9.97 Å². The number of nitrogens with zero attached hydrogens (tertiary/aromatic N) is 2. The zero-order chi connectivity index (χ0) is 10.0. The molecule has 0 aromatic carbocycles. The van der Waals surface area contributed by atoms with E-state index >= 15 is 0 Å². The largest absolute Gasteiger partial charge is 0.382 e. The first-order valence-corrected chi connectivity index (χ1v) is 4.60. The number of nitrogens with one attached hydrogen (secondary N) is 1. The highest BCUT2D eigenvalue weighted by Gasteiger charge is 2.34. The van der Waals surface area contributed by atoms with Gasteiger partial charge in [-0.2, -0.15) is 0 Å². The second-order valence-electron chi connectivity index (χ2n) is 3.56. The minimum atomic E-state index is -0.976. The molecule has 14 heavy (non-hydrogen) atoms. The Morgan fingerprint density at radius 1 is 1.64 bits per heavy atom. The fourth-order valence-corrected chi connectivity index (χ4v) is 1.60. The molecule has 0 aliphatic carbocycles. The zero-order valence-corrected chi connectivity index (χ0v) is 8.01. The van der Waals surface area contributed by atoms with E-state index in [-0.39, 0.29) is 6.04 Å². The van der Waals surface area contributed by atoms with Gasteiger partial charge in [-0.05, 0) is 13.0 Å². The molecule has 1 aromatic heterocycles. The lowest BCUT2D eigenvalue weighted by molar-refractivity contribution is 0.0307. The monoisotopic (exact) mass is 191 g/mol. The number of hydrogen-bond acceptors (Lipinski definition) is 4. The van der Waals surface area contributed by atoms with Crippen LogP contribution in [0.5, 0.6) is 0 Å². The van der Waals surface area contributed by atoms with Gasteiger partial charge in [-0.15, -0.1) is 0 Å². The summed E-state index contributed by atoms with van der Waals surface area (Å²) in [4.78, 5) is 7.88. The Labute approximate surface area is 82.7 Å². The van der Waals surface area contributed by atoms with Crippen LogP contribution in [0.3, 0.4) is 0 Å². The highest BCUT2D eigenvalue weighted by atomic mass is 16.3. The summed E-state index contributed by atoms with van der Waals surface area (Å²) >= 11 is 0. The van der Waals surface area contributed by atoms with E-state index in [2.05, 4.69) is 15.3 Å². The van der Waals surface area contributed by atoms with Crippen molar-refractivity contribution in [2.45, 2.75) is 18.6 Å². The van der Waals surface area contributed by atoms with Crippen LogP contribution < -0.4 is 5.32 Å². The Hall–Kier alpha value is -1.26. The van der Waals surface area contributed by atoms with Crippen LogP contribution in [0.2, 0.25) is 0 Å². The van der Waals surface area contributed by atoms with Crippen molar-refractivity contribution in [1.29, 1.82) is 0 Å². The molecule has 2 N–H and O–H groups in total. The molecule has 0 saturated heterocycles. The lowest BCUT2D eigenvalue weighted by atomic mass is 9.93. The second-order valence-corrected chi connectivity index (χ2v) is 3.56. The molecular formula is C10H13N3O. The minimum Gasteiger partial charge on any atom is -0.382 e. The zero-order valence-electron chi connectivity index (χ0n) is 8.01. The standard InChI is InChI=1S/C10H13N3O/c1-10(14,8-3-2-5-12-8)9-4-6-11-7-13-9/h2-4,6-8,12,14H,5H2,1H3. The van der Waals surface area contributed by atoms with Crippen LogP contribution >= 0.6 is 0 Å². The Kier molecular flexibility index (Phi) is 2.31. The maximum atomic E-state index is 10.3. The van der Waals surface area contributed by atoms with Gasteiger partial charge in [0, 0.05) is 12.7 Å². The summed E-state index contributed by atoms with van der Waals surface area (Å²) in [5.41, 5.74) is -0.341. The maximum absolute atomic E-state index is 10.3. The Balaban J connectivity index is 2.27. The highest BCUT2D eigenvalue weighted by Crippen LogP contribution is 2.24. The summed E-state index contributed by atoms with van der Waals surface area (Å²) in [6.45, 7) is 2.55. The van der Waals surface area contributed by atoms with E-state index in [0.717, 1.165) is 6.54 Å². The molecule has 1 aliphatic rings. The van der Waals surface area contributed by atoms with Crippen molar-refractivity contribution in [2.75, 3.05) is 6.54 Å². The van der Waals surface area contributed by atoms with Crippen LogP contribution in [0.15, 0.2) is 30.7 Å². The SMILES string of the molecule is CC(O)(c1ccncn1)C1C=CCN1. The molecule has 0 amide bonds. The van der Waals surface area contributed by atoms with Crippen LogP contribution in [-0.4, -0.2) is 27.7 Å². The van der Waals surface area contributed by atoms with E-state index < -0.39 is 5.60 Å². The third kappa shape index (κ3) is 1.54. The van der Waals surface area contributed by atoms with E-state index in [4.69, 9.17) is 0 Å². The number of hydrogen-bond donors (Lipinski definition) is 2. The fourth-order valence-electron chi connectivity index (χ4n) is 1.60. The topological polar surface area (TPSA) is 58.0 Å². The van der Waals surface area contributed by atoms with E-state index in [9.17, 15) is 5.11 Å². The van der Waals surface area contributed by atoms with Crippen molar-refractivity contribution in [3.8, 4) is 0 Å². The first-order chi connectivity index (χ1) is 6.71. The first kappa shape index (κ1) is 9.30. The average molecular weight is 191 g/mol. The van der Waals surface area contributed by atoms with Gasteiger partial charge in [-0.1, -0.05) is 12.2 Å². The lowest BCUT2D eigenvalue weighted by Gasteiger charge is -2.28. The van der Waals surface area contributed by atoms with Gasteiger partial charge in [0.15, 0.2) is 0 Å². The summed E-state index contributed by atoms with van der Waals surface area (Å²) in [7, 11) is 0. The molecule has 1 aliphatic heterocycles. The molecule has 1 aromatic rings. The minimum absolute atomic E-state index is 0.0719. The van der Waals surface area contributed by atoms with Crippen molar-refractivity contribution in [3.63, 3.8) is 0 Å². The summed E-state index contributed by atoms with van der Waals surface area (Å²) in [5, 5.41) is 13.5. The maximum Gasteiger partial charge on any atom is 0.123 e. The normalized spacial score (nSPS) is 24.9. The molecule has 74 valence electrons. The first-order valence-electron chi connectivity index (χ1n) is 4.60. The van der Waals surface area contributed by atoms with Crippen LogP contribution in [-0.2, 0) is 5.60 Å². The number of aliphatic hydroxyl groups is 1. The summed E-state index contributed by atoms with van der Waals surface area (Å²) < 4.78 is 0. The van der Waals surface area contributed by atoms with Crippen molar-refractivity contribution in [1.82, 2.24) is 15.3 Å². The van der Waals surface area contributed by atoms with Crippen LogP contribution in [0.1, 0.15) is 12.6 Å². The van der Waals surface area contributed by atoms with Crippen LogP contribution in [0.4, 0.5) is 0 Å². The highest BCUT2D eigenvalue weighted by molar-refractivity contribution is 5.19. The molecule has 0 saturated carbocycles. The molecule has 4 heteroatoms. The molecule has 0 bridgehead atoms. The van der Waals surface area contributed by atoms with Gasteiger partial charge in [0.2, 0.25) is 0 Å². The van der Waals surface area contributed by atoms with Gasteiger partial charge in [0.05, 0.1) is 11.7 Å². The molecule has 2 atom stereocenters. The molecule has 0 spiro atoms. The Morgan fingerprint density at radius 3 is 3.07 bits per heavy atom. The second kappa shape index (κ2) is 3.48. The third-order valence-corrected chi connectivity index (χ3v) is 2.49. The summed E-state index contributed by atoms with van der Waals surface area (Å²) in [6, 6.07) is 1.66. The molecular weight excluding hydrogens is 178 g/mol. The van der Waals surface area contributed by atoms with Gasteiger partial charge in [-0.3, -0.25) is 0 Å². The van der Waals surface area contributed by atoms with E-state index in [1.54, 1.807) is 19.2 Å². The molecule has 2 unspecified atom stereocenters. The Bertz CT molecular complexity index is 334. The predicted octanol–water partition coefficient (Wildman–Crippen LogP) is 0.212. The summed E-state index contributed by atoms with van der Waals surface area (Å²) in [5.74, 6) is 0. The van der Waals surface area contributed by atoms with Gasteiger partial charge < -0.3 is 10.4 Å². The Morgan fingerprint density at radius 2 is 2.50 bits per heavy atom. The van der Waals surface area contributed by atoms with Crippen LogP contribution in [0, 0.1) is 0 Å². The fraction of sp³-hybridized carbons (Fsp3) is 0.400. The molecule has 0 radical (unpaired) electrons. The number of aromatic nitrogens is 2. The van der Waals surface area contributed by atoms with E-state index in [1.165, 1.54) is 6.33 Å². The molecule has 2 rings (SSSR count). The van der Waals surface area contributed by atoms with Gasteiger partial charge in [0.25, 0.3) is 0 Å². The van der Waals surface area contributed by atoms with Gasteiger partial charge >= 0.3 is 0 Å². The van der Waals surface area contributed by atoms with Crippen LogP contribution in [0.25, 0.3) is 0 Å². The number of rotatable bonds is 2. The summed E-state index contributed by atoms with van der Waals surface area (Å²) in [6.07, 6.45) is 7.04. The third-order valence-electron chi connectivity index (χ3n) is 2.49. The lowest BCUT2D eigenvalue weighted by Crippen LogP contribution is -2.43. The smallest absolute Gasteiger partial charge is 0.123 e. The van der Waals surface area contributed by atoms with Crippen molar-refractivity contribution in [3.05, 3.63) is 36.4 Å². The predicted molar refractivity (Wildman–Crippen MR) is 52.5 cm³/mol. The molecule has 0 fully saturated rings. The van der Waals surface area contributed by atoms with Gasteiger partial charge in [0.1, 0.15) is 11.9 Å². The quantitative estimate of drug-likeness (QED) is 0.656. The molecule has 4 nitrogen and oxygen atoms in total. The van der Waals surface area contributed by atoms with E-state index in [0.29, 0.717) is 5.69 Å². The van der Waals surface area contributed by atoms with Crippen molar-refractivity contribution < 1.29 is 5.11 Å². The van der Waals surface area contributed by atoms with Crippen molar-refractivity contribution >= 4 is 0 Å². The van der Waals surface area contributed by atoms with Crippen molar-refractivity contribution in [2.24, 2.45) is 0 Å². The molecule has 2 heterocycles. The van der Waals surface area contributed by atoms with E-state index in [1.807, 2.05) is 12.2 Å².